The summed E-state index contributed by atoms with van der Waals surface area (Å²) in [7, 11) is 0. The molecule has 126 valence electrons. The SMILES string of the molecule is O=C(NC1CCC(C(F)(F)F)CC1)C1(c2ccc(F)cc2)CC1. The van der Waals surface area contributed by atoms with Gasteiger partial charge in [-0.1, -0.05) is 12.1 Å². The maximum atomic E-state index is 13.0. The molecule has 1 N–H and O–H groups in total. The van der Waals surface area contributed by atoms with Crippen molar-refractivity contribution in [2.75, 3.05) is 0 Å². The molecule has 0 atom stereocenters. The van der Waals surface area contributed by atoms with Crippen LogP contribution >= 0.6 is 0 Å². The highest BCUT2D eigenvalue weighted by atomic mass is 19.4. The topological polar surface area (TPSA) is 29.1 Å². The molecule has 0 radical (unpaired) electrons. The Kier molecular flexibility index (Phi) is 4.10. The van der Waals surface area contributed by atoms with Crippen LogP contribution in [-0.2, 0) is 10.2 Å². The maximum Gasteiger partial charge on any atom is 0.391 e. The lowest BCUT2D eigenvalue weighted by Gasteiger charge is -2.31. The lowest BCUT2D eigenvalue weighted by atomic mass is 9.85. The molecule has 0 spiro atoms. The molecule has 3 rings (SSSR count). The van der Waals surface area contributed by atoms with Crippen molar-refractivity contribution in [3.8, 4) is 0 Å². The highest BCUT2D eigenvalue weighted by Crippen LogP contribution is 2.48. The third-order valence-corrected chi connectivity index (χ3v) is 5.11. The van der Waals surface area contributed by atoms with E-state index in [-0.39, 0.29) is 30.6 Å². The average molecular weight is 329 g/mol. The highest BCUT2D eigenvalue weighted by Gasteiger charge is 2.52. The summed E-state index contributed by atoms with van der Waals surface area (Å²) in [5.74, 6) is -1.74. The van der Waals surface area contributed by atoms with Crippen LogP contribution in [0.4, 0.5) is 17.6 Å². The second-order valence-corrected chi connectivity index (χ2v) is 6.65. The summed E-state index contributed by atoms with van der Waals surface area (Å²) in [6.07, 6.45) is -1.90. The summed E-state index contributed by atoms with van der Waals surface area (Å²) in [4.78, 5) is 12.5. The largest absolute Gasteiger partial charge is 0.391 e. The Morgan fingerprint density at radius 1 is 1.04 bits per heavy atom. The Morgan fingerprint density at radius 2 is 1.61 bits per heavy atom. The molecule has 1 aromatic rings. The minimum atomic E-state index is -4.14. The van der Waals surface area contributed by atoms with Gasteiger partial charge in [-0.25, -0.2) is 4.39 Å². The van der Waals surface area contributed by atoms with Crippen LogP contribution in [-0.4, -0.2) is 18.1 Å². The number of carbonyl (C=O) groups excluding carboxylic acids is 1. The molecule has 2 aliphatic carbocycles. The number of hydrogen-bond acceptors (Lipinski definition) is 1. The predicted octanol–water partition coefficient (Wildman–Crippen LogP) is 4.09. The van der Waals surface area contributed by atoms with E-state index in [1.807, 2.05) is 0 Å². The van der Waals surface area contributed by atoms with Crippen molar-refractivity contribution in [3.05, 3.63) is 35.6 Å². The second-order valence-electron chi connectivity index (χ2n) is 6.65. The minimum absolute atomic E-state index is 0.0675. The lowest BCUT2D eigenvalue weighted by molar-refractivity contribution is -0.182. The Morgan fingerprint density at radius 3 is 2.09 bits per heavy atom. The zero-order valence-electron chi connectivity index (χ0n) is 12.6. The van der Waals surface area contributed by atoms with E-state index in [1.54, 1.807) is 12.1 Å². The van der Waals surface area contributed by atoms with Gasteiger partial charge in [-0.15, -0.1) is 0 Å². The third kappa shape index (κ3) is 3.35. The smallest absolute Gasteiger partial charge is 0.353 e. The van der Waals surface area contributed by atoms with Crippen LogP contribution in [0.25, 0.3) is 0 Å². The van der Waals surface area contributed by atoms with Crippen molar-refractivity contribution in [1.82, 2.24) is 5.32 Å². The van der Waals surface area contributed by atoms with Crippen molar-refractivity contribution < 1.29 is 22.4 Å². The maximum absolute atomic E-state index is 13.0. The van der Waals surface area contributed by atoms with E-state index in [1.165, 1.54) is 12.1 Å². The van der Waals surface area contributed by atoms with E-state index >= 15 is 0 Å². The van der Waals surface area contributed by atoms with Crippen molar-refractivity contribution in [2.24, 2.45) is 5.92 Å². The number of hydrogen-bond donors (Lipinski definition) is 1. The van der Waals surface area contributed by atoms with Gasteiger partial charge in [0.25, 0.3) is 0 Å². The molecular formula is C17H19F4NO. The molecule has 1 aromatic carbocycles. The molecule has 0 aliphatic heterocycles. The Hall–Kier alpha value is -1.59. The summed E-state index contributed by atoms with van der Waals surface area (Å²) >= 11 is 0. The van der Waals surface area contributed by atoms with E-state index in [2.05, 4.69) is 5.32 Å². The molecule has 0 unspecified atom stereocenters. The van der Waals surface area contributed by atoms with Crippen molar-refractivity contribution in [3.63, 3.8) is 0 Å². The molecule has 0 aromatic heterocycles. The van der Waals surface area contributed by atoms with Gasteiger partial charge in [0.15, 0.2) is 0 Å². The van der Waals surface area contributed by atoms with Gasteiger partial charge in [0.2, 0.25) is 5.91 Å². The summed E-state index contributed by atoms with van der Waals surface area (Å²) in [5, 5.41) is 2.91. The van der Waals surface area contributed by atoms with Gasteiger partial charge < -0.3 is 5.32 Å². The molecule has 0 bridgehead atoms. The summed E-state index contributed by atoms with van der Waals surface area (Å²) in [6.45, 7) is 0. The first-order valence-corrected chi connectivity index (χ1v) is 7.95. The molecule has 2 saturated carbocycles. The van der Waals surface area contributed by atoms with Crippen LogP contribution in [0.1, 0.15) is 44.1 Å². The van der Waals surface area contributed by atoms with Gasteiger partial charge in [-0.3, -0.25) is 4.79 Å². The normalized spacial score (nSPS) is 26.6. The minimum Gasteiger partial charge on any atom is -0.353 e. The first kappa shape index (κ1) is 16.3. The summed E-state index contributed by atoms with van der Waals surface area (Å²) in [5.41, 5.74) is 0.162. The zero-order valence-corrected chi connectivity index (χ0v) is 12.6. The summed E-state index contributed by atoms with van der Waals surface area (Å²) < 4.78 is 51.0. The number of halogens is 4. The van der Waals surface area contributed by atoms with Gasteiger partial charge >= 0.3 is 6.18 Å². The fourth-order valence-electron chi connectivity index (χ4n) is 3.43. The van der Waals surface area contributed by atoms with Gasteiger partial charge in [-0.2, -0.15) is 13.2 Å². The molecular weight excluding hydrogens is 310 g/mol. The molecule has 0 heterocycles. The van der Waals surface area contributed by atoms with Gasteiger partial charge in [0.1, 0.15) is 5.82 Å². The number of nitrogens with one attached hydrogen (secondary N) is 1. The third-order valence-electron chi connectivity index (χ3n) is 5.11. The highest BCUT2D eigenvalue weighted by molar-refractivity contribution is 5.91. The van der Waals surface area contributed by atoms with E-state index in [9.17, 15) is 22.4 Å². The molecule has 6 heteroatoms. The quantitative estimate of drug-likeness (QED) is 0.831. The number of amides is 1. The summed E-state index contributed by atoms with van der Waals surface area (Å²) in [6, 6.07) is 5.69. The monoisotopic (exact) mass is 329 g/mol. The number of alkyl halides is 3. The van der Waals surface area contributed by atoms with Gasteiger partial charge in [0.05, 0.1) is 11.3 Å². The zero-order chi connectivity index (χ0) is 16.7. The van der Waals surface area contributed by atoms with Crippen LogP contribution in [0.2, 0.25) is 0 Å². The second kappa shape index (κ2) is 5.80. The van der Waals surface area contributed by atoms with Crippen LogP contribution in [0, 0.1) is 11.7 Å². The van der Waals surface area contributed by atoms with E-state index in [0.717, 1.165) is 5.56 Å². The Balaban J connectivity index is 1.59. The Bertz CT molecular complexity index is 569. The molecule has 0 saturated heterocycles. The molecule has 2 aliphatic rings. The van der Waals surface area contributed by atoms with Crippen LogP contribution in [0.3, 0.4) is 0 Å². The predicted molar refractivity (Wildman–Crippen MR) is 77.3 cm³/mol. The standard InChI is InChI=1S/C17H19F4NO/c18-13-5-1-11(2-6-13)16(9-10-16)15(23)22-14-7-3-12(4-8-14)17(19,20)21/h1-2,5-6,12,14H,3-4,7-10H2,(H,22,23). The van der Waals surface area contributed by atoms with E-state index in [4.69, 9.17) is 0 Å². The van der Waals surface area contributed by atoms with Crippen LogP contribution in [0.15, 0.2) is 24.3 Å². The number of benzene rings is 1. The lowest BCUT2D eigenvalue weighted by Crippen LogP contribution is -2.44. The number of carbonyl (C=O) groups is 1. The molecule has 2 nitrogen and oxygen atoms in total. The average Bonchev–Trinajstić information content (AvgIpc) is 3.29. The first-order chi connectivity index (χ1) is 10.8. The van der Waals surface area contributed by atoms with Crippen LogP contribution in [0.5, 0.6) is 0 Å². The van der Waals surface area contributed by atoms with E-state index < -0.39 is 17.5 Å². The number of rotatable bonds is 3. The van der Waals surface area contributed by atoms with Crippen molar-refractivity contribution >= 4 is 5.91 Å². The van der Waals surface area contributed by atoms with Crippen molar-refractivity contribution in [2.45, 2.75) is 56.2 Å². The molecule has 23 heavy (non-hydrogen) atoms. The molecule has 2 fully saturated rings. The van der Waals surface area contributed by atoms with Crippen molar-refractivity contribution in [1.29, 1.82) is 0 Å². The first-order valence-electron chi connectivity index (χ1n) is 7.95. The van der Waals surface area contributed by atoms with E-state index in [0.29, 0.717) is 25.7 Å². The Labute approximate surface area is 132 Å². The fraction of sp³-hybridized carbons (Fsp3) is 0.588. The van der Waals surface area contributed by atoms with Gasteiger partial charge in [-0.05, 0) is 56.2 Å². The fourth-order valence-corrected chi connectivity index (χ4v) is 3.43. The van der Waals surface area contributed by atoms with Crippen LogP contribution < -0.4 is 5.32 Å². The molecule has 1 amide bonds. The van der Waals surface area contributed by atoms with Gasteiger partial charge in [0, 0.05) is 6.04 Å².